The SMILES string of the molecule is CCNC(=NCC1(c2ccccc2C)CCOCC1)NC(C)CCCN(CC)CC.I. The summed E-state index contributed by atoms with van der Waals surface area (Å²) >= 11 is 0. The Bertz CT molecular complexity index is 642. The first kappa shape index (κ1) is 28.2. The fourth-order valence-corrected chi connectivity index (χ4v) is 4.46. The van der Waals surface area contributed by atoms with Crippen molar-refractivity contribution in [2.75, 3.05) is 45.9 Å². The summed E-state index contributed by atoms with van der Waals surface area (Å²) in [7, 11) is 0. The van der Waals surface area contributed by atoms with Crippen LogP contribution in [0.2, 0.25) is 0 Å². The molecule has 178 valence electrons. The monoisotopic (exact) mass is 544 g/mol. The van der Waals surface area contributed by atoms with Crippen molar-refractivity contribution in [2.24, 2.45) is 4.99 Å². The Morgan fingerprint density at radius 2 is 1.84 bits per heavy atom. The van der Waals surface area contributed by atoms with Crippen LogP contribution in [0.15, 0.2) is 29.3 Å². The highest BCUT2D eigenvalue weighted by molar-refractivity contribution is 14.0. The minimum atomic E-state index is 0. The van der Waals surface area contributed by atoms with Crippen molar-refractivity contribution in [3.8, 4) is 0 Å². The summed E-state index contributed by atoms with van der Waals surface area (Å²) in [5.41, 5.74) is 2.86. The molecule has 31 heavy (non-hydrogen) atoms. The molecule has 1 atom stereocenters. The molecule has 0 amide bonds. The van der Waals surface area contributed by atoms with Crippen molar-refractivity contribution in [1.29, 1.82) is 0 Å². The van der Waals surface area contributed by atoms with Crippen LogP contribution < -0.4 is 10.6 Å². The maximum absolute atomic E-state index is 5.70. The fourth-order valence-electron chi connectivity index (χ4n) is 4.46. The first-order valence-corrected chi connectivity index (χ1v) is 12.0. The number of benzene rings is 1. The fraction of sp³-hybridized carbons (Fsp3) is 0.720. The third kappa shape index (κ3) is 8.89. The summed E-state index contributed by atoms with van der Waals surface area (Å²) in [4.78, 5) is 7.56. The van der Waals surface area contributed by atoms with Gasteiger partial charge in [-0.1, -0.05) is 38.1 Å². The highest BCUT2D eigenvalue weighted by Crippen LogP contribution is 2.37. The molecule has 0 aromatic heterocycles. The van der Waals surface area contributed by atoms with E-state index in [-0.39, 0.29) is 29.4 Å². The van der Waals surface area contributed by atoms with Crippen molar-refractivity contribution in [3.05, 3.63) is 35.4 Å². The molecule has 1 aliphatic rings. The number of hydrogen-bond acceptors (Lipinski definition) is 3. The van der Waals surface area contributed by atoms with E-state index in [9.17, 15) is 0 Å². The molecule has 0 saturated carbocycles. The van der Waals surface area contributed by atoms with E-state index in [1.165, 1.54) is 24.1 Å². The maximum atomic E-state index is 5.70. The number of aliphatic imine (C=N–C) groups is 1. The largest absolute Gasteiger partial charge is 0.381 e. The average molecular weight is 545 g/mol. The van der Waals surface area contributed by atoms with Gasteiger partial charge in [-0.15, -0.1) is 24.0 Å². The minimum Gasteiger partial charge on any atom is -0.381 e. The molecule has 2 rings (SSSR count). The van der Waals surface area contributed by atoms with Gasteiger partial charge in [-0.3, -0.25) is 4.99 Å². The lowest BCUT2D eigenvalue weighted by molar-refractivity contribution is 0.0529. The zero-order chi connectivity index (χ0) is 21.8. The van der Waals surface area contributed by atoms with Crippen LogP contribution in [-0.2, 0) is 10.2 Å². The number of nitrogens with zero attached hydrogens (tertiary/aromatic N) is 2. The summed E-state index contributed by atoms with van der Waals surface area (Å²) in [5, 5.41) is 7.09. The van der Waals surface area contributed by atoms with Gasteiger partial charge in [0.2, 0.25) is 0 Å². The molecular weight excluding hydrogens is 499 g/mol. The van der Waals surface area contributed by atoms with Crippen molar-refractivity contribution >= 4 is 29.9 Å². The Hall–Kier alpha value is -0.860. The van der Waals surface area contributed by atoms with Crippen molar-refractivity contribution in [3.63, 3.8) is 0 Å². The Labute approximate surface area is 207 Å². The lowest BCUT2D eigenvalue weighted by Crippen LogP contribution is -2.44. The Balaban J connectivity index is 0.00000480. The first-order chi connectivity index (χ1) is 14.5. The summed E-state index contributed by atoms with van der Waals surface area (Å²) < 4.78 is 5.70. The summed E-state index contributed by atoms with van der Waals surface area (Å²) in [6, 6.07) is 9.19. The molecule has 0 radical (unpaired) electrons. The Morgan fingerprint density at radius 3 is 2.45 bits per heavy atom. The van der Waals surface area contributed by atoms with E-state index in [1.807, 2.05) is 0 Å². The van der Waals surface area contributed by atoms with Gasteiger partial charge in [0.05, 0.1) is 6.54 Å². The van der Waals surface area contributed by atoms with Gasteiger partial charge in [-0.25, -0.2) is 0 Å². The van der Waals surface area contributed by atoms with Gasteiger partial charge in [-0.2, -0.15) is 0 Å². The number of guanidine groups is 1. The van der Waals surface area contributed by atoms with Crippen LogP contribution in [0, 0.1) is 6.92 Å². The second kappa shape index (κ2) is 15.1. The molecule has 1 unspecified atom stereocenters. The van der Waals surface area contributed by atoms with Crippen LogP contribution in [0.3, 0.4) is 0 Å². The lowest BCUT2D eigenvalue weighted by Gasteiger charge is -2.37. The van der Waals surface area contributed by atoms with Crippen molar-refractivity contribution in [2.45, 2.75) is 71.8 Å². The van der Waals surface area contributed by atoms with E-state index < -0.39 is 0 Å². The maximum Gasteiger partial charge on any atom is 0.191 e. The molecule has 1 aliphatic heterocycles. The normalized spacial score (nSPS) is 17.2. The highest BCUT2D eigenvalue weighted by atomic mass is 127. The lowest BCUT2D eigenvalue weighted by atomic mass is 9.72. The molecule has 2 N–H and O–H groups in total. The zero-order valence-electron chi connectivity index (χ0n) is 20.4. The number of nitrogens with one attached hydrogen (secondary N) is 2. The zero-order valence-corrected chi connectivity index (χ0v) is 22.7. The van der Waals surface area contributed by atoms with Gasteiger partial charge in [0.25, 0.3) is 0 Å². The third-order valence-electron chi connectivity index (χ3n) is 6.44. The van der Waals surface area contributed by atoms with Gasteiger partial charge in [0.15, 0.2) is 5.96 Å². The first-order valence-electron chi connectivity index (χ1n) is 12.0. The number of aryl methyl sites for hydroxylation is 1. The second-order valence-corrected chi connectivity index (χ2v) is 8.62. The molecule has 1 fully saturated rings. The molecule has 1 aromatic carbocycles. The van der Waals surface area contributed by atoms with Crippen LogP contribution in [0.4, 0.5) is 0 Å². The van der Waals surface area contributed by atoms with E-state index in [0.717, 1.165) is 64.6 Å². The van der Waals surface area contributed by atoms with E-state index >= 15 is 0 Å². The summed E-state index contributed by atoms with van der Waals surface area (Å²) in [6.45, 7) is 17.8. The summed E-state index contributed by atoms with van der Waals surface area (Å²) in [6.07, 6.45) is 4.41. The second-order valence-electron chi connectivity index (χ2n) is 8.62. The number of hydrogen-bond donors (Lipinski definition) is 2. The van der Waals surface area contributed by atoms with Crippen molar-refractivity contribution in [1.82, 2.24) is 15.5 Å². The number of halogens is 1. The Morgan fingerprint density at radius 1 is 1.16 bits per heavy atom. The quantitative estimate of drug-likeness (QED) is 0.240. The van der Waals surface area contributed by atoms with Gasteiger partial charge < -0.3 is 20.3 Å². The minimum absolute atomic E-state index is 0. The van der Waals surface area contributed by atoms with Gasteiger partial charge in [0, 0.05) is 31.2 Å². The predicted octanol–water partition coefficient (Wildman–Crippen LogP) is 4.73. The molecular formula is C25H45IN4O. The highest BCUT2D eigenvalue weighted by Gasteiger charge is 2.35. The van der Waals surface area contributed by atoms with Gasteiger partial charge in [0.1, 0.15) is 0 Å². The van der Waals surface area contributed by atoms with Crippen LogP contribution in [0.5, 0.6) is 0 Å². The van der Waals surface area contributed by atoms with E-state index in [2.05, 4.69) is 74.4 Å². The molecule has 0 aliphatic carbocycles. The molecule has 0 bridgehead atoms. The summed E-state index contributed by atoms with van der Waals surface area (Å²) in [5.74, 6) is 0.937. The van der Waals surface area contributed by atoms with Crippen LogP contribution in [0.25, 0.3) is 0 Å². The van der Waals surface area contributed by atoms with Crippen LogP contribution in [0.1, 0.15) is 64.5 Å². The average Bonchev–Trinajstić information content (AvgIpc) is 2.76. The van der Waals surface area contributed by atoms with Crippen molar-refractivity contribution < 1.29 is 4.74 Å². The van der Waals surface area contributed by atoms with E-state index in [0.29, 0.717) is 6.04 Å². The van der Waals surface area contributed by atoms with E-state index in [1.54, 1.807) is 0 Å². The van der Waals surface area contributed by atoms with E-state index in [4.69, 9.17) is 9.73 Å². The smallest absolute Gasteiger partial charge is 0.191 e. The third-order valence-corrected chi connectivity index (χ3v) is 6.44. The molecule has 1 saturated heterocycles. The number of ether oxygens (including phenoxy) is 1. The van der Waals surface area contributed by atoms with Crippen LogP contribution >= 0.6 is 24.0 Å². The topological polar surface area (TPSA) is 48.9 Å². The van der Waals surface area contributed by atoms with Gasteiger partial charge in [-0.05, 0) is 77.2 Å². The molecule has 5 nitrogen and oxygen atoms in total. The number of rotatable bonds is 11. The van der Waals surface area contributed by atoms with Gasteiger partial charge >= 0.3 is 0 Å². The predicted molar refractivity (Wildman–Crippen MR) is 144 cm³/mol. The Kier molecular flexibility index (Phi) is 13.7. The molecule has 6 heteroatoms. The standard InChI is InChI=1S/C25H44N4O.HI/c1-6-26-24(28-22(5)13-11-17-29(7-2)8-3)27-20-25(15-18-30-19-16-25)23-14-10-9-12-21(23)4;/h9-10,12,14,22H,6-8,11,13,15-20H2,1-5H3,(H2,26,27,28);1H. The molecule has 1 aromatic rings. The molecule has 0 spiro atoms. The van der Waals surface area contributed by atoms with Crippen LogP contribution in [-0.4, -0.2) is 62.8 Å². The molecule has 1 heterocycles.